The number of para-hydroxylation sites is 1. The van der Waals surface area contributed by atoms with Crippen LogP contribution in [0.3, 0.4) is 0 Å². The van der Waals surface area contributed by atoms with Gasteiger partial charge in [0.2, 0.25) is 10.0 Å². The van der Waals surface area contributed by atoms with Crippen LogP contribution in [0.1, 0.15) is 4.88 Å². The van der Waals surface area contributed by atoms with E-state index in [2.05, 4.69) is 9.97 Å². The molecule has 3 heterocycles. The van der Waals surface area contributed by atoms with Gasteiger partial charge in [-0.2, -0.15) is 4.31 Å². The highest BCUT2D eigenvalue weighted by Gasteiger charge is 2.34. The van der Waals surface area contributed by atoms with Crippen LogP contribution < -0.4 is 4.90 Å². The van der Waals surface area contributed by atoms with Crippen LogP contribution in [-0.4, -0.2) is 53.8 Å². The molecular weight excluding hydrogens is 402 g/mol. The average molecular weight is 419 g/mol. The summed E-state index contributed by atoms with van der Waals surface area (Å²) in [5.74, 6) is 0.789. The Morgan fingerprint density at radius 1 is 1.14 bits per heavy atom. The van der Waals surface area contributed by atoms with E-state index in [1.807, 2.05) is 17.9 Å². The summed E-state index contributed by atoms with van der Waals surface area (Å²) in [6.45, 7) is 3.35. The maximum absolute atomic E-state index is 13.0. The molecule has 0 saturated carbocycles. The topological polar surface area (TPSA) is 110 Å². The quantitative estimate of drug-likeness (QED) is 0.472. The number of thiophene rings is 1. The first-order valence-electron chi connectivity index (χ1n) is 8.57. The minimum absolute atomic E-state index is 0.225. The fourth-order valence-electron chi connectivity index (χ4n) is 3.32. The molecule has 1 aliphatic heterocycles. The van der Waals surface area contributed by atoms with Crippen molar-refractivity contribution < 1.29 is 13.3 Å². The van der Waals surface area contributed by atoms with E-state index in [1.165, 1.54) is 34.9 Å². The number of piperazine rings is 1. The molecule has 0 aliphatic carbocycles. The molecule has 0 atom stereocenters. The van der Waals surface area contributed by atoms with E-state index in [4.69, 9.17) is 0 Å². The van der Waals surface area contributed by atoms with Crippen molar-refractivity contribution in [2.24, 2.45) is 0 Å². The number of nitro benzene ring substituents is 1. The minimum Gasteiger partial charge on any atom is -0.353 e. The van der Waals surface area contributed by atoms with Crippen LogP contribution in [0.2, 0.25) is 0 Å². The maximum Gasteiger partial charge on any atom is 0.289 e. The molecule has 3 aromatic rings. The van der Waals surface area contributed by atoms with E-state index in [0.29, 0.717) is 13.1 Å². The van der Waals surface area contributed by atoms with Gasteiger partial charge in [0.05, 0.1) is 10.3 Å². The molecule has 2 aromatic heterocycles. The minimum atomic E-state index is -3.95. The van der Waals surface area contributed by atoms with Gasteiger partial charge in [-0.05, 0) is 19.1 Å². The number of nitro groups is 1. The van der Waals surface area contributed by atoms with Gasteiger partial charge >= 0.3 is 0 Å². The Kier molecular flexibility index (Phi) is 4.73. The highest BCUT2D eigenvalue weighted by atomic mass is 32.2. The van der Waals surface area contributed by atoms with E-state index in [0.717, 1.165) is 20.9 Å². The number of rotatable bonds is 4. The number of anilines is 1. The molecule has 1 saturated heterocycles. The van der Waals surface area contributed by atoms with Crippen LogP contribution in [0.4, 0.5) is 11.5 Å². The SMILES string of the molecule is Cc1cc2c(N3CCN(S(=O)(=O)c4ccccc4[N+](=O)[O-])CC3)ncnc2s1. The Hall–Kier alpha value is -2.63. The van der Waals surface area contributed by atoms with Gasteiger partial charge in [-0.25, -0.2) is 18.4 Å². The molecule has 9 nitrogen and oxygen atoms in total. The van der Waals surface area contributed by atoms with Gasteiger partial charge in [0.25, 0.3) is 5.69 Å². The number of aryl methyl sites for hydroxylation is 1. The third kappa shape index (κ3) is 3.21. The van der Waals surface area contributed by atoms with Crippen LogP contribution in [0.25, 0.3) is 10.2 Å². The van der Waals surface area contributed by atoms with Crippen molar-refractivity contribution in [3.8, 4) is 0 Å². The molecule has 0 amide bonds. The summed E-state index contributed by atoms with van der Waals surface area (Å²) < 4.78 is 27.2. The molecule has 146 valence electrons. The Labute approximate surface area is 165 Å². The molecule has 0 unspecified atom stereocenters. The van der Waals surface area contributed by atoms with Crippen molar-refractivity contribution in [3.63, 3.8) is 0 Å². The number of hydrogen-bond donors (Lipinski definition) is 0. The van der Waals surface area contributed by atoms with E-state index < -0.39 is 20.6 Å². The lowest BCUT2D eigenvalue weighted by molar-refractivity contribution is -0.387. The molecule has 1 aromatic carbocycles. The van der Waals surface area contributed by atoms with Crippen LogP contribution in [-0.2, 0) is 10.0 Å². The second kappa shape index (κ2) is 7.08. The van der Waals surface area contributed by atoms with Gasteiger partial charge in [0, 0.05) is 37.1 Å². The van der Waals surface area contributed by atoms with Crippen molar-refractivity contribution in [3.05, 3.63) is 51.7 Å². The lowest BCUT2D eigenvalue weighted by Gasteiger charge is -2.34. The number of sulfonamides is 1. The van der Waals surface area contributed by atoms with E-state index in [-0.39, 0.29) is 18.0 Å². The Balaban J connectivity index is 1.58. The summed E-state index contributed by atoms with van der Waals surface area (Å²) >= 11 is 1.59. The first kappa shape index (κ1) is 18.7. The third-order valence-electron chi connectivity index (χ3n) is 4.65. The number of hydrogen-bond acceptors (Lipinski definition) is 8. The van der Waals surface area contributed by atoms with E-state index >= 15 is 0 Å². The smallest absolute Gasteiger partial charge is 0.289 e. The van der Waals surface area contributed by atoms with Crippen LogP contribution in [0, 0.1) is 17.0 Å². The zero-order chi connectivity index (χ0) is 19.9. The van der Waals surface area contributed by atoms with Crippen LogP contribution >= 0.6 is 11.3 Å². The molecule has 4 rings (SSSR count). The number of benzene rings is 1. The van der Waals surface area contributed by atoms with Crippen molar-refractivity contribution in [1.29, 1.82) is 0 Å². The Morgan fingerprint density at radius 3 is 2.57 bits per heavy atom. The Morgan fingerprint density at radius 2 is 1.86 bits per heavy atom. The third-order valence-corrected chi connectivity index (χ3v) is 7.55. The second-order valence-electron chi connectivity index (χ2n) is 6.39. The highest BCUT2D eigenvalue weighted by Crippen LogP contribution is 2.31. The lowest BCUT2D eigenvalue weighted by Crippen LogP contribution is -2.49. The first-order chi connectivity index (χ1) is 13.4. The molecule has 28 heavy (non-hydrogen) atoms. The molecule has 0 spiro atoms. The summed E-state index contributed by atoms with van der Waals surface area (Å²) in [4.78, 5) is 23.0. The number of fused-ring (bicyclic) bond motifs is 1. The molecule has 0 N–H and O–H groups in total. The second-order valence-corrected chi connectivity index (χ2v) is 9.53. The van der Waals surface area contributed by atoms with Crippen LogP contribution in [0.5, 0.6) is 0 Å². The molecule has 1 fully saturated rings. The lowest BCUT2D eigenvalue weighted by atomic mass is 10.3. The normalized spacial score (nSPS) is 15.8. The van der Waals surface area contributed by atoms with Crippen molar-refractivity contribution in [2.75, 3.05) is 31.1 Å². The van der Waals surface area contributed by atoms with Crippen molar-refractivity contribution >= 4 is 43.1 Å². The zero-order valence-corrected chi connectivity index (χ0v) is 16.6. The summed E-state index contributed by atoms with van der Waals surface area (Å²) in [5.41, 5.74) is -0.406. The standard InChI is InChI=1S/C17H17N5O4S2/c1-12-10-13-16(18-11-19-17(13)27-12)20-6-8-21(9-7-20)28(25,26)15-5-3-2-4-14(15)22(23)24/h2-5,10-11H,6-9H2,1H3. The Bertz CT molecular complexity index is 1150. The van der Waals surface area contributed by atoms with Crippen LogP contribution in [0.15, 0.2) is 41.6 Å². The number of nitrogens with zero attached hydrogens (tertiary/aromatic N) is 5. The number of aromatic nitrogens is 2. The average Bonchev–Trinajstić information content (AvgIpc) is 3.08. The summed E-state index contributed by atoms with van der Waals surface area (Å²) in [7, 11) is -3.95. The summed E-state index contributed by atoms with van der Waals surface area (Å²) in [6, 6.07) is 7.47. The largest absolute Gasteiger partial charge is 0.353 e. The summed E-state index contributed by atoms with van der Waals surface area (Å²) in [5, 5.41) is 12.2. The molecule has 1 aliphatic rings. The zero-order valence-electron chi connectivity index (χ0n) is 15.0. The molecular formula is C17H17N5O4S2. The molecule has 0 radical (unpaired) electrons. The fraction of sp³-hybridized carbons (Fsp3) is 0.294. The first-order valence-corrected chi connectivity index (χ1v) is 10.8. The van der Waals surface area contributed by atoms with Gasteiger partial charge < -0.3 is 4.90 Å². The summed E-state index contributed by atoms with van der Waals surface area (Å²) in [6.07, 6.45) is 1.52. The molecule has 0 bridgehead atoms. The van der Waals surface area contributed by atoms with E-state index in [1.54, 1.807) is 11.3 Å². The van der Waals surface area contributed by atoms with Crippen molar-refractivity contribution in [2.45, 2.75) is 11.8 Å². The highest BCUT2D eigenvalue weighted by molar-refractivity contribution is 7.89. The fourth-order valence-corrected chi connectivity index (χ4v) is 5.74. The molecule has 11 heteroatoms. The van der Waals surface area contributed by atoms with Gasteiger partial charge in [0.15, 0.2) is 4.90 Å². The van der Waals surface area contributed by atoms with Crippen molar-refractivity contribution in [1.82, 2.24) is 14.3 Å². The van der Waals surface area contributed by atoms with Gasteiger partial charge in [-0.15, -0.1) is 11.3 Å². The van der Waals surface area contributed by atoms with Gasteiger partial charge in [-0.3, -0.25) is 10.1 Å². The predicted molar refractivity (Wildman–Crippen MR) is 106 cm³/mol. The van der Waals surface area contributed by atoms with E-state index in [9.17, 15) is 18.5 Å². The maximum atomic E-state index is 13.0. The van der Waals surface area contributed by atoms with Gasteiger partial charge in [-0.1, -0.05) is 12.1 Å². The monoisotopic (exact) mass is 419 g/mol. The van der Waals surface area contributed by atoms with Gasteiger partial charge in [0.1, 0.15) is 17.0 Å². The predicted octanol–water partition coefficient (Wildman–Crippen LogP) is 2.42.